The van der Waals surface area contributed by atoms with Crippen molar-refractivity contribution in [2.45, 2.75) is 38.4 Å². The number of piperidine rings is 1. The summed E-state index contributed by atoms with van der Waals surface area (Å²) < 4.78 is 1.02. The van der Waals surface area contributed by atoms with Crippen LogP contribution in [0, 0.1) is 0 Å². The third-order valence-electron chi connectivity index (χ3n) is 6.45. The van der Waals surface area contributed by atoms with Crippen LogP contribution in [0.25, 0.3) is 0 Å². The smallest absolute Gasteiger partial charge is 0.414 e. The molecule has 0 aromatic heterocycles. The van der Waals surface area contributed by atoms with Crippen molar-refractivity contribution < 1.29 is 24.9 Å². The van der Waals surface area contributed by atoms with E-state index in [0.717, 1.165) is 62.0 Å². The van der Waals surface area contributed by atoms with Gasteiger partial charge in [-0.05, 0) is 61.7 Å². The van der Waals surface area contributed by atoms with Crippen LogP contribution in [0.3, 0.4) is 0 Å². The lowest BCUT2D eigenvalue weighted by atomic mass is 10.0. The maximum atomic E-state index is 10.2. The number of likely N-dealkylation sites (tertiary alicyclic amines) is 1. The number of aliphatic carboxylic acids is 2. The summed E-state index contributed by atoms with van der Waals surface area (Å²) in [7, 11) is 0. The van der Waals surface area contributed by atoms with E-state index in [2.05, 4.69) is 86.4 Å². The quantitative estimate of drug-likeness (QED) is 0.328. The van der Waals surface area contributed by atoms with Gasteiger partial charge in [-0.2, -0.15) is 0 Å². The SMILES string of the molecule is O=C(O)C(=O)O.Oc1ccc(Br)cc1CN1CCC(N(CCc2ccccc2)Cc2ccccc2)CC1. The average molecular weight is 569 g/mol. The maximum Gasteiger partial charge on any atom is 0.414 e. The topological polar surface area (TPSA) is 101 Å². The first-order valence-corrected chi connectivity index (χ1v) is 13.1. The average Bonchev–Trinajstić information content (AvgIpc) is 2.91. The Labute approximate surface area is 226 Å². The summed E-state index contributed by atoms with van der Waals surface area (Å²) >= 11 is 3.52. The molecule has 0 bridgehead atoms. The Balaban J connectivity index is 0.000000568. The Morgan fingerprint density at radius 1 is 0.865 bits per heavy atom. The first-order valence-electron chi connectivity index (χ1n) is 12.3. The lowest BCUT2D eigenvalue weighted by Gasteiger charge is -2.39. The van der Waals surface area contributed by atoms with Crippen LogP contribution in [-0.2, 0) is 29.1 Å². The highest BCUT2D eigenvalue weighted by Crippen LogP contribution is 2.26. The molecule has 1 saturated heterocycles. The van der Waals surface area contributed by atoms with E-state index < -0.39 is 11.9 Å². The first-order chi connectivity index (χ1) is 17.8. The molecule has 3 aromatic rings. The number of phenols is 1. The molecule has 1 aliphatic heterocycles. The minimum atomic E-state index is -1.82. The third-order valence-corrected chi connectivity index (χ3v) is 6.94. The zero-order valence-electron chi connectivity index (χ0n) is 20.7. The molecule has 8 heteroatoms. The molecule has 0 aliphatic carbocycles. The van der Waals surface area contributed by atoms with Crippen molar-refractivity contribution in [3.05, 3.63) is 100 Å². The molecule has 0 amide bonds. The number of hydrogen-bond donors (Lipinski definition) is 3. The molecule has 0 spiro atoms. The molecule has 37 heavy (non-hydrogen) atoms. The molecule has 0 atom stereocenters. The van der Waals surface area contributed by atoms with Gasteiger partial charge in [-0.15, -0.1) is 0 Å². The van der Waals surface area contributed by atoms with Crippen LogP contribution in [-0.4, -0.2) is 62.7 Å². The maximum absolute atomic E-state index is 10.2. The molecule has 7 nitrogen and oxygen atoms in total. The summed E-state index contributed by atoms with van der Waals surface area (Å²) in [5.74, 6) is -3.26. The summed E-state index contributed by atoms with van der Waals surface area (Å²) in [6.45, 7) is 5.02. The lowest BCUT2D eigenvalue weighted by molar-refractivity contribution is -0.159. The highest BCUT2D eigenvalue weighted by Gasteiger charge is 2.25. The van der Waals surface area contributed by atoms with E-state index in [0.29, 0.717) is 11.8 Å². The Morgan fingerprint density at radius 2 is 1.43 bits per heavy atom. The second-order valence-corrected chi connectivity index (χ2v) is 10.00. The van der Waals surface area contributed by atoms with Gasteiger partial charge in [-0.3, -0.25) is 9.80 Å². The van der Waals surface area contributed by atoms with E-state index in [1.807, 2.05) is 12.1 Å². The number of carbonyl (C=O) groups is 2. The van der Waals surface area contributed by atoms with Gasteiger partial charge < -0.3 is 15.3 Å². The molecule has 0 unspecified atom stereocenters. The second kappa shape index (κ2) is 14.5. The van der Waals surface area contributed by atoms with Gasteiger partial charge in [0.1, 0.15) is 5.75 Å². The van der Waals surface area contributed by atoms with Crippen molar-refractivity contribution in [1.29, 1.82) is 0 Å². The van der Waals surface area contributed by atoms with E-state index in [9.17, 15) is 5.11 Å². The molecule has 0 saturated carbocycles. The van der Waals surface area contributed by atoms with Crippen LogP contribution in [0.5, 0.6) is 5.75 Å². The van der Waals surface area contributed by atoms with Crippen LogP contribution in [0.4, 0.5) is 0 Å². The Hall–Kier alpha value is -3.20. The normalized spacial score (nSPS) is 14.1. The van der Waals surface area contributed by atoms with E-state index in [1.54, 1.807) is 6.07 Å². The van der Waals surface area contributed by atoms with Crippen molar-refractivity contribution in [1.82, 2.24) is 9.80 Å². The Bertz CT molecular complexity index is 1120. The van der Waals surface area contributed by atoms with Gasteiger partial charge in [0.15, 0.2) is 0 Å². The van der Waals surface area contributed by atoms with Crippen molar-refractivity contribution in [2.75, 3.05) is 19.6 Å². The predicted molar refractivity (Wildman–Crippen MR) is 146 cm³/mol. The number of carboxylic acids is 2. The number of hydrogen-bond acceptors (Lipinski definition) is 5. The third kappa shape index (κ3) is 9.64. The molecule has 3 aromatic carbocycles. The number of aromatic hydroxyl groups is 1. The number of phenolic OH excluding ortho intramolecular Hbond substituents is 1. The van der Waals surface area contributed by atoms with Gasteiger partial charge in [0, 0.05) is 35.7 Å². The first kappa shape index (κ1) is 28.4. The fourth-order valence-corrected chi connectivity index (χ4v) is 4.90. The van der Waals surface area contributed by atoms with Crippen LogP contribution in [0.2, 0.25) is 0 Å². The molecule has 1 fully saturated rings. The second-order valence-electron chi connectivity index (χ2n) is 9.08. The van der Waals surface area contributed by atoms with Crippen molar-refractivity contribution in [3.63, 3.8) is 0 Å². The lowest BCUT2D eigenvalue weighted by Crippen LogP contribution is -2.45. The summed E-state index contributed by atoms with van der Waals surface area (Å²) in [6, 6.07) is 27.9. The van der Waals surface area contributed by atoms with Gasteiger partial charge in [-0.25, -0.2) is 9.59 Å². The summed E-state index contributed by atoms with van der Waals surface area (Å²) in [6.07, 6.45) is 3.41. The van der Waals surface area contributed by atoms with Crippen LogP contribution >= 0.6 is 15.9 Å². The molecule has 3 N–H and O–H groups in total. The molecule has 1 aliphatic rings. The Kier molecular flexibility index (Phi) is 11.1. The zero-order valence-corrected chi connectivity index (χ0v) is 22.3. The van der Waals surface area contributed by atoms with Gasteiger partial charge in [0.2, 0.25) is 0 Å². The van der Waals surface area contributed by atoms with Crippen LogP contribution in [0.15, 0.2) is 83.3 Å². The van der Waals surface area contributed by atoms with E-state index in [1.165, 1.54) is 11.1 Å². The minimum absolute atomic E-state index is 0.388. The van der Waals surface area contributed by atoms with Crippen molar-refractivity contribution in [3.8, 4) is 5.75 Å². The van der Waals surface area contributed by atoms with E-state index >= 15 is 0 Å². The number of halogens is 1. The number of nitrogens with zero attached hydrogens (tertiary/aromatic N) is 2. The fraction of sp³-hybridized carbons (Fsp3) is 0.310. The number of carboxylic acid groups (broad SMARTS) is 2. The van der Waals surface area contributed by atoms with Crippen molar-refractivity contribution in [2.24, 2.45) is 0 Å². The molecule has 196 valence electrons. The summed E-state index contributed by atoms with van der Waals surface area (Å²) in [5.41, 5.74) is 3.79. The Morgan fingerprint density at radius 3 is 2.00 bits per heavy atom. The molecular weight excluding hydrogens is 536 g/mol. The van der Waals surface area contributed by atoms with Gasteiger partial charge in [-0.1, -0.05) is 76.6 Å². The summed E-state index contributed by atoms with van der Waals surface area (Å²) in [5, 5.41) is 25.0. The van der Waals surface area contributed by atoms with Gasteiger partial charge >= 0.3 is 11.9 Å². The van der Waals surface area contributed by atoms with E-state index in [4.69, 9.17) is 19.8 Å². The molecule has 4 rings (SSSR count). The molecule has 1 heterocycles. The van der Waals surface area contributed by atoms with Crippen LogP contribution in [0.1, 0.15) is 29.5 Å². The molecule has 0 radical (unpaired) electrons. The number of rotatable bonds is 8. The largest absolute Gasteiger partial charge is 0.508 e. The van der Waals surface area contributed by atoms with Crippen molar-refractivity contribution >= 4 is 27.9 Å². The highest BCUT2D eigenvalue weighted by molar-refractivity contribution is 9.10. The van der Waals surface area contributed by atoms with Crippen LogP contribution < -0.4 is 0 Å². The monoisotopic (exact) mass is 568 g/mol. The van der Waals surface area contributed by atoms with Gasteiger partial charge in [0.05, 0.1) is 0 Å². The molecular formula is C29H33BrN2O5. The fourth-order valence-electron chi connectivity index (χ4n) is 4.49. The van der Waals surface area contributed by atoms with E-state index in [-0.39, 0.29) is 0 Å². The summed E-state index contributed by atoms with van der Waals surface area (Å²) in [4.78, 5) is 23.3. The number of benzene rings is 3. The minimum Gasteiger partial charge on any atom is -0.508 e. The zero-order chi connectivity index (χ0) is 26.6. The highest BCUT2D eigenvalue weighted by atomic mass is 79.9. The predicted octanol–water partition coefficient (Wildman–Crippen LogP) is 5.02. The standard InChI is InChI=1S/C27H31BrN2O.C2H2O4/c28-25-11-12-27(31)24(19-25)21-29-16-14-26(15-17-29)30(20-23-9-5-2-6-10-23)18-13-22-7-3-1-4-8-22;3-1(4)2(5)6/h1-12,19,26,31H,13-18,20-21H2;(H,3,4)(H,5,6). The van der Waals surface area contributed by atoms with Gasteiger partial charge in [0.25, 0.3) is 0 Å².